The fourth-order valence-electron chi connectivity index (χ4n) is 0.723. The van der Waals surface area contributed by atoms with Crippen LogP contribution < -0.4 is 17.2 Å². The lowest BCUT2D eigenvalue weighted by Crippen LogP contribution is -2.28. The third kappa shape index (κ3) is 5.67. The molecule has 70 valence electrons. The van der Waals surface area contributed by atoms with Crippen LogP contribution in [0.3, 0.4) is 0 Å². The molecule has 0 aliphatic heterocycles. The number of Topliss-reactive ketones (excluding diaryl/α,β-unsaturated/α-hetero) is 1. The summed E-state index contributed by atoms with van der Waals surface area (Å²) in [5.74, 6) is 0.0751. The molecule has 0 heterocycles. The van der Waals surface area contributed by atoms with Gasteiger partial charge in [-0.3, -0.25) is 9.79 Å². The van der Waals surface area contributed by atoms with Gasteiger partial charge in [0.2, 0.25) is 0 Å². The van der Waals surface area contributed by atoms with Crippen molar-refractivity contribution in [2.75, 3.05) is 6.54 Å². The summed E-state index contributed by atoms with van der Waals surface area (Å²) >= 11 is 0. The topological polar surface area (TPSA) is 107 Å². The molecule has 0 aromatic carbocycles. The normalized spacial score (nSPS) is 12.2. The van der Waals surface area contributed by atoms with Gasteiger partial charge in [-0.25, -0.2) is 0 Å². The lowest BCUT2D eigenvalue weighted by atomic mass is 10.1. The van der Waals surface area contributed by atoms with Gasteiger partial charge in [0.05, 0.1) is 6.04 Å². The van der Waals surface area contributed by atoms with Gasteiger partial charge in [0, 0.05) is 6.54 Å². The minimum absolute atomic E-state index is 0.000278. The number of carbonyl (C=O) groups is 1. The highest BCUT2D eigenvalue weighted by atomic mass is 16.1. The molecular formula is C7H16N4O. The summed E-state index contributed by atoms with van der Waals surface area (Å²) < 4.78 is 0. The SMILES string of the molecule is CC(=O)[C@@H](N)CCCN=C(N)N. The lowest BCUT2D eigenvalue weighted by molar-refractivity contribution is -0.118. The summed E-state index contributed by atoms with van der Waals surface area (Å²) in [7, 11) is 0. The van der Waals surface area contributed by atoms with Gasteiger partial charge in [-0.1, -0.05) is 0 Å². The molecule has 5 heteroatoms. The summed E-state index contributed by atoms with van der Waals surface area (Å²) in [5, 5.41) is 0. The number of rotatable bonds is 5. The van der Waals surface area contributed by atoms with E-state index in [4.69, 9.17) is 17.2 Å². The van der Waals surface area contributed by atoms with Gasteiger partial charge in [0.1, 0.15) is 5.78 Å². The predicted octanol–water partition coefficient (Wildman–Crippen LogP) is -1.04. The summed E-state index contributed by atoms with van der Waals surface area (Å²) in [6, 6.07) is -0.376. The van der Waals surface area contributed by atoms with Gasteiger partial charge in [-0.2, -0.15) is 0 Å². The summed E-state index contributed by atoms with van der Waals surface area (Å²) in [5.41, 5.74) is 15.7. The van der Waals surface area contributed by atoms with Gasteiger partial charge in [-0.05, 0) is 19.8 Å². The van der Waals surface area contributed by atoms with E-state index in [0.29, 0.717) is 13.0 Å². The molecule has 0 aromatic heterocycles. The van der Waals surface area contributed by atoms with Crippen LogP contribution in [0.2, 0.25) is 0 Å². The molecule has 5 nitrogen and oxygen atoms in total. The van der Waals surface area contributed by atoms with Gasteiger partial charge < -0.3 is 17.2 Å². The molecule has 0 spiro atoms. The van der Waals surface area contributed by atoms with Crippen LogP contribution in [0.1, 0.15) is 19.8 Å². The standard InChI is InChI=1S/C7H16N4O/c1-5(12)6(8)3-2-4-11-7(9)10/h6H,2-4,8H2,1H3,(H4,9,10,11)/t6-/m0/s1. The average molecular weight is 172 g/mol. The van der Waals surface area contributed by atoms with Gasteiger partial charge in [-0.15, -0.1) is 0 Å². The number of nitrogens with zero attached hydrogens (tertiary/aromatic N) is 1. The Balaban J connectivity index is 3.44. The number of hydrogen-bond acceptors (Lipinski definition) is 3. The Kier molecular flexibility index (Phi) is 5.03. The number of nitrogens with two attached hydrogens (primary N) is 3. The lowest BCUT2D eigenvalue weighted by Gasteiger charge is -2.04. The van der Waals surface area contributed by atoms with Crippen molar-refractivity contribution in [3.8, 4) is 0 Å². The Hall–Kier alpha value is -1.10. The monoisotopic (exact) mass is 172 g/mol. The number of carbonyl (C=O) groups excluding carboxylic acids is 1. The van der Waals surface area contributed by atoms with Gasteiger partial charge in [0.25, 0.3) is 0 Å². The molecule has 0 aliphatic rings. The molecule has 0 saturated carbocycles. The molecule has 0 radical (unpaired) electrons. The molecule has 0 amide bonds. The zero-order chi connectivity index (χ0) is 9.56. The molecule has 0 unspecified atom stereocenters. The van der Waals surface area contributed by atoms with E-state index in [1.165, 1.54) is 6.92 Å². The Morgan fingerprint density at radius 3 is 2.50 bits per heavy atom. The minimum atomic E-state index is -0.376. The van der Waals surface area contributed by atoms with E-state index in [9.17, 15) is 4.79 Å². The zero-order valence-electron chi connectivity index (χ0n) is 7.29. The molecule has 0 aromatic rings. The van der Waals surface area contributed by atoms with Gasteiger partial charge >= 0.3 is 0 Å². The first-order valence-electron chi connectivity index (χ1n) is 3.85. The highest BCUT2D eigenvalue weighted by Gasteiger charge is 2.05. The van der Waals surface area contributed by atoms with E-state index in [0.717, 1.165) is 6.42 Å². The third-order valence-corrected chi connectivity index (χ3v) is 1.49. The Labute approximate surface area is 72.0 Å². The second kappa shape index (κ2) is 5.54. The number of aliphatic imine (C=N–C) groups is 1. The molecule has 0 rings (SSSR count). The van der Waals surface area contributed by atoms with E-state index in [1.807, 2.05) is 0 Å². The first-order chi connectivity index (χ1) is 5.54. The summed E-state index contributed by atoms with van der Waals surface area (Å²) in [6.07, 6.45) is 1.37. The van der Waals surface area contributed by atoms with Crippen molar-refractivity contribution in [2.24, 2.45) is 22.2 Å². The van der Waals surface area contributed by atoms with E-state index in [2.05, 4.69) is 4.99 Å². The van der Waals surface area contributed by atoms with Crippen LogP contribution in [0.5, 0.6) is 0 Å². The maximum atomic E-state index is 10.7. The summed E-state index contributed by atoms with van der Waals surface area (Å²) in [6.45, 7) is 2.01. The largest absolute Gasteiger partial charge is 0.370 e. The smallest absolute Gasteiger partial charge is 0.185 e. The maximum absolute atomic E-state index is 10.7. The molecule has 0 aliphatic carbocycles. The fraction of sp³-hybridized carbons (Fsp3) is 0.714. The van der Waals surface area contributed by atoms with Crippen molar-refractivity contribution in [3.05, 3.63) is 0 Å². The Morgan fingerprint density at radius 2 is 2.08 bits per heavy atom. The van der Waals surface area contributed by atoms with Crippen molar-refractivity contribution < 1.29 is 4.79 Å². The Bertz CT molecular complexity index is 174. The second-order valence-corrected chi connectivity index (χ2v) is 2.67. The van der Waals surface area contributed by atoms with Crippen molar-refractivity contribution in [1.29, 1.82) is 0 Å². The van der Waals surface area contributed by atoms with E-state index in [1.54, 1.807) is 0 Å². The van der Waals surface area contributed by atoms with Crippen LogP contribution >= 0.6 is 0 Å². The zero-order valence-corrected chi connectivity index (χ0v) is 7.29. The molecule has 0 saturated heterocycles. The third-order valence-electron chi connectivity index (χ3n) is 1.49. The van der Waals surface area contributed by atoms with Crippen molar-refractivity contribution in [1.82, 2.24) is 0 Å². The van der Waals surface area contributed by atoms with E-state index < -0.39 is 0 Å². The highest BCUT2D eigenvalue weighted by Crippen LogP contribution is 1.95. The van der Waals surface area contributed by atoms with Crippen molar-refractivity contribution in [3.63, 3.8) is 0 Å². The van der Waals surface area contributed by atoms with Gasteiger partial charge in [0.15, 0.2) is 5.96 Å². The van der Waals surface area contributed by atoms with Crippen LogP contribution in [-0.2, 0) is 4.79 Å². The van der Waals surface area contributed by atoms with Crippen LogP contribution in [0.25, 0.3) is 0 Å². The number of hydrogen-bond donors (Lipinski definition) is 3. The van der Waals surface area contributed by atoms with Crippen LogP contribution in [0.15, 0.2) is 4.99 Å². The number of guanidine groups is 1. The maximum Gasteiger partial charge on any atom is 0.185 e. The first kappa shape index (κ1) is 10.9. The van der Waals surface area contributed by atoms with E-state index >= 15 is 0 Å². The minimum Gasteiger partial charge on any atom is -0.370 e. The molecule has 0 bridgehead atoms. The van der Waals surface area contributed by atoms with Crippen LogP contribution in [0, 0.1) is 0 Å². The molecule has 12 heavy (non-hydrogen) atoms. The average Bonchev–Trinajstić information content (AvgIpc) is 1.97. The van der Waals surface area contributed by atoms with Crippen molar-refractivity contribution >= 4 is 11.7 Å². The molecular weight excluding hydrogens is 156 g/mol. The number of ketones is 1. The molecule has 1 atom stereocenters. The molecule has 0 fully saturated rings. The fourth-order valence-corrected chi connectivity index (χ4v) is 0.723. The highest BCUT2D eigenvalue weighted by molar-refractivity contribution is 5.81. The van der Waals surface area contributed by atoms with Crippen molar-refractivity contribution in [2.45, 2.75) is 25.8 Å². The van der Waals surface area contributed by atoms with E-state index in [-0.39, 0.29) is 17.8 Å². The quantitative estimate of drug-likeness (QED) is 0.279. The van der Waals surface area contributed by atoms with Crippen LogP contribution in [0.4, 0.5) is 0 Å². The Morgan fingerprint density at radius 1 is 1.50 bits per heavy atom. The second-order valence-electron chi connectivity index (χ2n) is 2.67. The predicted molar refractivity (Wildman–Crippen MR) is 48.6 cm³/mol. The van der Waals surface area contributed by atoms with Crippen LogP contribution in [-0.4, -0.2) is 24.3 Å². The molecule has 6 N–H and O–H groups in total. The first-order valence-corrected chi connectivity index (χ1v) is 3.85. The summed E-state index contributed by atoms with van der Waals surface area (Å²) in [4.78, 5) is 14.4.